The second kappa shape index (κ2) is 10.1. The first-order valence-corrected chi connectivity index (χ1v) is 10.7. The Bertz CT molecular complexity index is 1330. The van der Waals surface area contributed by atoms with Gasteiger partial charge >= 0.3 is 0 Å². The number of fused-ring (bicyclic) bond motifs is 1. The Labute approximate surface area is 197 Å². The molecule has 1 aromatic heterocycles. The van der Waals surface area contributed by atoms with Gasteiger partial charge in [0.05, 0.1) is 11.2 Å². The lowest BCUT2D eigenvalue weighted by Gasteiger charge is -2.12. The predicted octanol–water partition coefficient (Wildman–Crippen LogP) is 7.00. The number of nitrogens with one attached hydrogen (secondary N) is 2. The van der Waals surface area contributed by atoms with Crippen LogP contribution in [0.15, 0.2) is 84.9 Å². The molecule has 0 aliphatic rings. The van der Waals surface area contributed by atoms with Crippen LogP contribution in [0.1, 0.15) is 23.7 Å². The normalized spacial score (nSPS) is 11.3. The van der Waals surface area contributed by atoms with Gasteiger partial charge in [0.2, 0.25) is 5.90 Å². The van der Waals surface area contributed by atoms with Crippen molar-refractivity contribution in [1.82, 2.24) is 4.98 Å². The largest absolute Gasteiger partial charge is 0.487 e. The molecule has 164 valence electrons. The highest BCUT2D eigenvalue weighted by Gasteiger charge is 2.12. The first-order chi connectivity index (χ1) is 16.0. The molecule has 4 rings (SSSR count). The van der Waals surface area contributed by atoms with E-state index in [9.17, 15) is 0 Å². The van der Waals surface area contributed by atoms with Gasteiger partial charge in [0.15, 0.2) is 5.90 Å². The van der Waals surface area contributed by atoms with Crippen LogP contribution in [-0.4, -0.2) is 16.8 Å². The van der Waals surface area contributed by atoms with Crippen molar-refractivity contribution in [2.75, 3.05) is 0 Å². The van der Waals surface area contributed by atoms with Crippen LogP contribution in [0.5, 0.6) is 5.75 Å². The van der Waals surface area contributed by atoms with E-state index in [2.05, 4.69) is 4.98 Å². The van der Waals surface area contributed by atoms with Crippen molar-refractivity contribution in [1.29, 1.82) is 10.8 Å². The molecule has 0 saturated carbocycles. The molecule has 6 heteroatoms. The molecule has 0 atom stereocenters. The second-order valence-corrected chi connectivity index (χ2v) is 7.84. The average molecular weight is 456 g/mol. The van der Waals surface area contributed by atoms with Gasteiger partial charge in [0.1, 0.15) is 12.4 Å². The summed E-state index contributed by atoms with van der Waals surface area (Å²) in [7, 11) is 0. The number of aromatic nitrogens is 1. The summed E-state index contributed by atoms with van der Waals surface area (Å²) in [5, 5.41) is 17.6. The molecule has 0 fully saturated rings. The highest BCUT2D eigenvalue weighted by molar-refractivity contribution is 6.30. The lowest BCUT2D eigenvalue weighted by atomic mass is 10.0. The fourth-order valence-electron chi connectivity index (χ4n) is 3.29. The number of rotatable bonds is 6. The molecule has 0 aliphatic heterocycles. The topological polar surface area (TPSA) is 79.0 Å². The third-order valence-corrected chi connectivity index (χ3v) is 5.14. The van der Waals surface area contributed by atoms with Crippen molar-refractivity contribution in [3.63, 3.8) is 0 Å². The van der Waals surface area contributed by atoms with Crippen LogP contribution in [0, 0.1) is 10.8 Å². The maximum atomic E-state index is 8.32. The highest BCUT2D eigenvalue weighted by atomic mass is 35.5. The summed E-state index contributed by atoms with van der Waals surface area (Å²) in [5.41, 5.74) is 3.97. The monoisotopic (exact) mass is 455 g/mol. The Kier molecular flexibility index (Phi) is 6.81. The first kappa shape index (κ1) is 22.2. The molecule has 0 aliphatic carbocycles. The third kappa shape index (κ3) is 5.84. The Morgan fingerprint density at radius 3 is 2.36 bits per heavy atom. The van der Waals surface area contributed by atoms with Gasteiger partial charge in [-0.25, -0.2) is 4.98 Å². The first-order valence-electron chi connectivity index (χ1n) is 10.3. The molecule has 33 heavy (non-hydrogen) atoms. The summed E-state index contributed by atoms with van der Waals surface area (Å²) >= 11 is 5.98. The van der Waals surface area contributed by atoms with Crippen molar-refractivity contribution >= 4 is 45.9 Å². The highest BCUT2D eigenvalue weighted by Crippen LogP contribution is 2.24. The van der Waals surface area contributed by atoms with Crippen molar-refractivity contribution in [3.05, 3.63) is 107 Å². The molecular formula is C27H22ClN3O2. The van der Waals surface area contributed by atoms with Gasteiger partial charge in [-0.15, -0.1) is 0 Å². The van der Waals surface area contributed by atoms with Crippen LogP contribution in [0.4, 0.5) is 0 Å². The van der Waals surface area contributed by atoms with Gasteiger partial charge in [0.25, 0.3) is 0 Å². The van der Waals surface area contributed by atoms with E-state index >= 15 is 0 Å². The van der Waals surface area contributed by atoms with Gasteiger partial charge in [-0.3, -0.25) is 10.8 Å². The van der Waals surface area contributed by atoms with Crippen molar-refractivity contribution in [2.45, 2.75) is 13.5 Å². The quantitative estimate of drug-likeness (QED) is 0.186. The molecule has 0 radical (unpaired) electrons. The lowest BCUT2D eigenvalue weighted by Crippen LogP contribution is -2.09. The molecule has 0 bridgehead atoms. The van der Waals surface area contributed by atoms with E-state index in [1.165, 1.54) is 6.92 Å². The molecule has 5 nitrogen and oxygen atoms in total. The lowest BCUT2D eigenvalue weighted by molar-refractivity contribution is 0.302. The number of para-hydroxylation sites is 1. The third-order valence-electron chi connectivity index (χ3n) is 4.89. The van der Waals surface area contributed by atoms with E-state index < -0.39 is 0 Å². The zero-order chi connectivity index (χ0) is 23.2. The summed E-state index contributed by atoms with van der Waals surface area (Å²) in [5.74, 6) is 0.534. The number of halogens is 1. The molecule has 1 heterocycles. The molecule has 0 saturated heterocycles. The van der Waals surface area contributed by atoms with Crippen molar-refractivity contribution < 1.29 is 9.47 Å². The zero-order valence-corrected chi connectivity index (χ0v) is 18.8. The minimum atomic E-state index is -0.105. The minimum Gasteiger partial charge on any atom is -0.487 e. The number of pyridine rings is 1. The molecular weight excluding hydrogens is 434 g/mol. The summed E-state index contributed by atoms with van der Waals surface area (Å²) in [6.07, 6.45) is 1.83. The maximum absolute atomic E-state index is 8.32. The average Bonchev–Trinajstić information content (AvgIpc) is 2.82. The van der Waals surface area contributed by atoms with E-state index in [1.807, 2.05) is 78.9 Å². The van der Waals surface area contributed by atoms with E-state index in [0.717, 1.165) is 27.7 Å². The van der Waals surface area contributed by atoms with Crippen LogP contribution >= 0.6 is 11.6 Å². The van der Waals surface area contributed by atoms with E-state index in [-0.39, 0.29) is 11.8 Å². The van der Waals surface area contributed by atoms with Gasteiger partial charge in [-0.05, 0) is 53.6 Å². The van der Waals surface area contributed by atoms with Gasteiger partial charge in [0, 0.05) is 22.9 Å². The Hall–Kier alpha value is -3.96. The molecule has 0 spiro atoms. The summed E-state index contributed by atoms with van der Waals surface area (Å²) in [6.45, 7) is 1.84. The zero-order valence-electron chi connectivity index (χ0n) is 18.0. The van der Waals surface area contributed by atoms with Crippen molar-refractivity contribution in [2.24, 2.45) is 0 Å². The maximum Gasteiger partial charge on any atom is 0.221 e. The minimum absolute atomic E-state index is 0.0511. The molecule has 4 aromatic rings. The number of hydrogen-bond acceptors (Lipinski definition) is 5. The van der Waals surface area contributed by atoms with Crippen LogP contribution < -0.4 is 4.74 Å². The SMILES string of the molecule is CC(=N)OC(=N)/C(=C/c1ccc(Cl)cc1)c1ccc(OCc2ccc3ccccc3n2)cc1. The standard InChI is InChI=1S/C27H22ClN3O2/c1-18(29)33-27(30)25(16-19-6-11-22(28)12-7-19)20-9-14-24(15-10-20)32-17-23-13-8-21-4-2-3-5-26(21)31-23/h2-16,29-30H,17H2,1H3/b25-16+,29-18?,30-27?. The van der Waals surface area contributed by atoms with Crippen molar-refractivity contribution in [3.8, 4) is 5.75 Å². The fraction of sp³-hybridized carbons (Fsp3) is 0.0741. The van der Waals surface area contributed by atoms with Crippen LogP contribution in [0.2, 0.25) is 5.02 Å². The number of nitrogens with zero attached hydrogens (tertiary/aromatic N) is 1. The van der Waals surface area contributed by atoms with Gasteiger partial charge < -0.3 is 9.47 Å². The van der Waals surface area contributed by atoms with Crippen LogP contribution in [-0.2, 0) is 11.3 Å². The number of ether oxygens (including phenoxy) is 2. The van der Waals surface area contributed by atoms with Crippen LogP contribution in [0.25, 0.3) is 22.6 Å². The van der Waals surface area contributed by atoms with Crippen LogP contribution in [0.3, 0.4) is 0 Å². The summed E-state index contributed by atoms with van der Waals surface area (Å²) in [6, 6.07) is 26.7. The van der Waals surface area contributed by atoms with Gasteiger partial charge in [-0.2, -0.15) is 0 Å². The Balaban J connectivity index is 1.53. The van der Waals surface area contributed by atoms with E-state index in [4.69, 9.17) is 31.9 Å². The Morgan fingerprint density at radius 2 is 1.64 bits per heavy atom. The summed E-state index contributed by atoms with van der Waals surface area (Å²) in [4.78, 5) is 4.63. The molecule has 0 amide bonds. The molecule has 0 unspecified atom stereocenters. The second-order valence-electron chi connectivity index (χ2n) is 7.41. The summed E-state index contributed by atoms with van der Waals surface area (Å²) < 4.78 is 11.2. The molecule has 3 aromatic carbocycles. The Morgan fingerprint density at radius 1 is 0.909 bits per heavy atom. The number of hydrogen-bond donors (Lipinski definition) is 2. The van der Waals surface area contributed by atoms with Gasteiger partial charge in [-0.1, -0.05) is 60.1 Å². The predicted molar refractivity (Wildman–Crippen MR) is 134 cm³/mol. The number of benzene rings is 3. The molecule has 2 N–H and O–H groups in total. The van der Waals surface area contributed by atoms with E-state index in [0.29, 0.717) is 23.0 Å². The smallest absolute Gasteiger partial charge is 0.221 e. The van der Waals surface area contributed by atoms with E-state index in [1.54, 1.807) is 12.1 Å². The fourth-order valence-corrected chi connectivity index (χ4v) is 3.42.